The maximum atomic E-state index is 12.5. The van der Waals surface area contributed by atoms with Gasteiger partial charge in [0.2, 0.25) is 0 Å². The van der Waals surface area contributed by atoms with Gasteiger partial charge in [-0.1, -0.05) is 23.2 Å². The molecule has 2 rings (SSSR count). The van der Waals surface area contributed by atoms with Crippen LogP contribution in [0.15, 0.2) is 35.2 Å². The van der Waals surface area contributed by atoms with Gasteiger partial charge in [-0.05, 0) is 56.2 Å². The Labute approximate surface area is 146 Å². The summed E-state index contributed by atoms with van der Waals surface area (Å²) in [5.74, 6) is 0.634. The average molecular weight is 375 g/mol. The van der Waals surface area contributed by atoms with Crippen LogP contribution < -0.4 is 8.92 Å². The van der Waals surface area contributed by atoms with E-state index in [1.165, 1.54) is 18.2 Å². The lowest BCUT2D eigenvalue weighted by atomic mass is 10.1. The second kappa shape index (κ2) is 6.99. The molecule has 0 heterocycles. The van der Waals surface area contributed by atoms with Crippen molar-refractivity contribution in [1.29, 1.82) is 0 Å². The van der Waals surface area contributed by atoms with Crippen LogP contribution in [-0.4, -0.2) is 15.0 Å². The second-order valence-electron chi connectivity index (χ2n) is 4.93. The van der Waals surface area contributed by atoms with E-state index in [0.717, 1.165) is 0 Å². The highest BCUT2D eigenvalue weighted by molar-refractivity contribution is 7.87. The quantitative estimate of drug-likeness (QED) is 0.706. The number of aryl methyl sites for hydroxylation is 2. The molecule has 0 aliphatic heterocycles. The van der Waals surface area contributed by atoms with Gasteiger partial charge in [-0.3, -0.25) is 0 Å². The molecule has 0 bridgehead atoms. The second-order valence-corrected chi connectivity index (χ2v) is 7.29. The fourth-order valence-corrected chi connectivity index (χ4v) is 3.65. The first-order valence-electron chi connectivity index (χ1n) is 6.88. The zero-order valence-corrected chi connectivity index (χ0v) is 15.2. The molecule has 0 aliphatic carbocycles. The molecule has 0 unspecified atom stereocenters. The Morgan fingerprint density at radius 1 is 1.00 bits per heavy atom. The van der Waals surface area contributed by atoms with Gasteiger partial charge in [-0.2, -0.15) is 8.42 Å². The van der Waals surface area contributed by atoms with E-state index in [2.05, 4.69) is 0 Å². The Kier molecular flexibility index (Phi) is 5.45. The first-order valence-corrected chi connectivity index (χ1v) is 9.04. The zero-order valence-electron chi connectivity index (χ0n) is 12.9. The number of hydrogen-bond acceptors (Lipinski definition) is 4. The van der Waals surface area contributed by atoms with Crippen LogP contribution in [0.5, 0.6) is 11.5 Å². The Morgan fingerprint density at radius 2 is 1.70 bits per heavy atom. The summed E-state index contributed by atoms with van der Waals surface area (Å²) in [6, 6.07) is 7.58. The SMILES string of the molecule is CCOc1cc(C)c(S(=O)(=O)Oc2cc(Cl)ccc2Cl)cc1C. The van der Waals surface area contributed by atoms with Crippen molar-refractivity contribution in [3.63, 3.8) is 0 Å². The third-order valence-electron chi connectivity index (χ3n) is 3.13. The molecule has 124 valence electrons. The van der Waals surface area contributed by atoms with Gasteiger partial charge >= 0.3 is 10.1 Å². The van der Waals surface area contributed by atoms with Crippen LogP contribution in [0.4, 0.5) is 0 Å². The fraction of sp³-hybridized carbons (Fsp3) is 0.250. The van der Waals surface area contributed by atoms with Crippen LogP contribution in [0.1, 0.15) is 18.1 Å². The first kappa shape index (κ1) is 17.9. The molecule has 0 spiro atoms. The number of ether oxygens (including phenoxy) is 1. The number of halogens is 2. The van der Waals surface area contributed by atoms with E-state index in [0.29, 0.717) is 28.5 Å². The largest absolute Gasteiger partial charge is 0.494 e. The van der Waals surface area contributed by atoms with E-state index in [1.807, 2.05) is 6.92 Å². The molecule has 0 saturated carbocycles. The number of hydrogen-bond donors (Lipinski definition) is 0. The van der Waals surface area contributed by atoms with Crippen LogP contribution in [-0.2, 0) is 10.1 Å². The summed E-state index contributed by atoms with van der Waals surface area (Å²) in [6.45, 7) is 5.82. The Morgan fingerprint density at radius 3 is 2.35 bits per heavy atom. The van der Waals surface area contributed by atoms with Gasteiger partial charge in [0.25, 0.3) is 0 Å². The van der Waals surface area contributed by atoms with Gasteiger partial charge in [0.05, 0.1) is 11.6 Å². The van der Waals surface area contributed by atoms with Gasteiger partial charge in [0.1, 0.15) is 10.6 Å². The van der Waals surface area contributed by atoms with E-state index < -0.39 is 10.1 Å². The van der Waals surface area contributed by atoms with E-state index in [9.17, 15) is 8.42 Å². The molecule has 0 N–H and O–H groups in total. The monoisotopic (exact) mass is 374 g/mol. The predicted octanol–water partition coefficient (Wildman–Crippen LogP) is 4.78. The molecular weight excluding hydrogens is 359 g/mol. The summed E-state index contributed by atoms with van der Waals surface area (Å²) < 4.78 is 35.7. The number of benzene rings is 2. The lowest BCUT2D eigenvalue weighted by Crippen LogP contribution is -2.12. The lowest BCUT2D eigenvalue weighted by molar-refractivity contribution is 0.337. The van der Waals surface area contributed by atoms with Crippen molar-refractivity contribution in [2.45, 2.75) is 25.7 Å². The molecule has 0 amide bonds. The van der Waals surface area contributed by atoms with Gasteiger partial charge in [-0.15, -0.1) is 0 Å². The molecule has 0 saturated heterocycles. The van der Waals surface area contributed by atoms with Gasteiger partial charge in [0, 0.05) is 11.1 Å². The van der Waals surface area contributed by atoms with Crippen molar-refractivity contribution in [1.82, 2.24) is 0 Å². The van der Waals surface area contributed by atoms with Crippen molar-refractivity contribution < 1.29 is 17.3 Å². The minimum atomic E-state index is -4.04. The highest BCUT2D eigenvalue weighted by Gasteiger charge is 2.22. The lowest BCUT2D eigenvalue weighted by Gasteiger charge is -2.14. The Bertz CT molecular complexity index is 832. The zero-order chi connectivity index (χ0) is 17.2. The van der Waals surface area contributed by atoms with Crippen molar-refractivity contribution in [3.05, 3.63) is 51.5 Å². The van der Waals surface area contributed by atoms with Crippen LogP contribution in [0.25, 0.3) is 0 Å². The topological polar surface area (TPSA) is 52.6 Å². The van der Waals surface area contributed by atoms with Crippen LogP contribution in [0.3, 0.4) is 0 Å². The summed E-state index contributed by atoms with van der Waals surface area (Å²) in [6.07, 6.45) is 0. The third kappa shape index (κ3) is 4.10. The summed E-state index contributed by atoms with van der Waals surface area (Å²) >= 11 is 11.8. The molecule has 0 aliphatic rings. The van der Waals surface area contributed by atoms with Crippen LogP contribution >= 0.6 is 23.2 Å². The molecule has 0 atom stereocenters. The maximum absolute atomic E-state index is 12.5. The van der Waals surface area contributed by atoms with Gasteiger partial charge in [0.15, 0.2) is 5.75 Å². The molecule has 4 nitrogen and oxygen atoms in total. The minimum absolute atomic E-state index is 0.00916. The van der Waals surface area contributed by atoms with Gasteiger partial charge < -0.3 is 8.92 Å². The molecule has 0 aromatic heterocycles. The van der Waals surface area contributed by atoms with Gasteiger partial charge in [-0.25, -0.2) is 0 Å². The summed E-state index contributed by atoms with van der Waals surface area (Å²) in [4.78, 5) is 0.0643. The average Bonchev–Trinajstić information content (AvgIpc) is 2.46. The highest BCUT2D eigenvalue weighted by atomic mass is 35.5. The molecule has 0 radical (unpaired) electrons. The number of rotatable bonds is 5. The van der Waals surface area contributed by atoms with E-state index in [1.54, 1.807) is 26.0 Å². The summed E-state index contributed by atoms with van der Waals surface area (Å²) in [5, 5.41) is 0.498. The van der Waals surface area contributed by atoms with Crippen molar-refractivity contribution in [2.75, 3.05) is 6.61 Å². The maximum Gasteiger partial charge on any atom is 0.339 e. The van der Waals surface area contributed by atoms with E-state index in [-0.39, 0.29) is 15.7 Å². The normalized spacial score (nSPS) is 11.3. The smallest absolute Gasteiger partial charge is 0.339 e. The highest BCUT2D eigenvalue weighted by Crippen LogP contribution is 2.32. The van der Waals surface area contributed by atoms with Crippen LogP contribution in [0.2, 0.25) is 10.0 Å². The molecule has 2 aromatic carbocycles. The standard InChI is InChI=1S/C16H16Cl2O4S/c1-4-21-14-7-11(3)16(8-10(14)2)23(19,20)22-15-9-12(17)5-6-13(15)18/h5-9H,4H2,1-3H3. The molecule has 7 heteroatoms. The summed E-state index contributed by atoms with van der Waals surface area (Å²) in [5.41, 5.74) is 1.23. The fourth-order valence-electron chi connectivity index (χ4n) is 2.05. The van der Waals surface area contributed by atoms with Crippen molar-refractivity contribution in [3.8, 4) is 11.5 Å². The van der Waals surface area contributed by atoms with Crippen molar-refractivity contribution >= 4 is 33.3 Å². The molecule has 0 fully saturated rings. The van der Waals surface area contributed by atoms with Crippen molar-refractivity contribution in [2.24, 2.45) is 0 Å². The summed E-state index contributed by atoms with van der Waals surface area (Å²) in [7, 11) is -4.04. The van der Waals surface area contributed by atoms with E-state index >= 15 is 0 Å². The Hall–Kier alpha value is -1.43. The van der Waals surface area contributed by atoms with E-state index in [4.69, 9.17) is 32.1 Å². The predicted molar refractivity (Wildman–Crippen MR) is 91.4 cm³/mol. The van der Waals surface area contributed by atoms with Crippen LogP contribution in [0, 0.1) is 13.8 Å². The first-order chi connectivity index (χ1) is 10.7. The molecule has 2 aromatic rings. The third-order valence-corrected chi connectivity index (χ3v) is 5.06. The Balaban J connectivity index is 2.44. The molecule has 23 heavy (non-hydrogen) atoms. The molecular formula is C16H16Cl2O4S. The minimum Gasteiger partial charge on any atom is -0.494 e.